The summed E-state index contributed by atoms with van der Waals surface area (Å²) in [6.07, 6.45) is 6.90. The lowest BCUT2D eigenvalue weighted by atomic mass is 9.87. The number of rotatable bonds is 4. The predicted octanol–water partition coefficient (Wildman–Crippen LogP) is 2.98. The molecule has 0 radical (unpaired) electrons. The summed E-state index contributed by atoms with van der Waals surface area (Å²) in [6.45, 7) is 0.500. The molecule has 0 heterocycles. The Balaban J connectivity index is 1.74. The minimum atomic E-state index is 0.130. The number of phenols is 1. The molecule has 1 aromatic rings. The average Bonchev–Trinajstić information content (AvgIpc) is 2.38. The summed E-state index contributed by atoms with van der Waals surface area (Å²) < 4.78 is 0. The van der Waals surface area contributed by atoms with Gasteiger partial charge in [-0.25, -0.2) is 0 Å². The van der Waals surface area contributed by atoms with Gasteiger partial charge >= 0.3 is 0 Å². The summed E-state index contributed by atoms with van der Waals surface area (Å²) in [5, 5.41) is 12.3. The van der Waals surface area contributed by atoms with Crippen LogP contribution in [0.3, 0.4) is 0 Å². The number of phenolic OH excluding ortho intramolecular Hbond substituents is 1. The van der Waals surface area contributed by atoms with Gasteiger partial charge in [0.1, 0.15) is 5.75 Å². The van der Waals surface area contributed by atoms with Gasteiger partial charge in [0.2, 0.25) is 5.91 Å². The molecular weight excluding hydrogens is 226 g/mol. The molecule has 18 heavy (non-hydrogen) atoms. The maximum absolute atomic E-state index is 11.8. The van der Waals surface area contributed by atoms with Crippen LogP contribution >= 0.6 is 0 Å². The highest BCUT2D eigenvalue weighted by Gasteiger charge is 2.16. The van der Waals surface area contributed by atoms with Crippen LogP contribution in [0.1, 0.15) is 44.1 Å². The van der Waals surface area contributed by atoms with Gasteiger partial charge in [0, 0.05) is 13.0 Å². The van der Waals surface area contributed by atoms with Crippen LogP contribution in [0.4, 0.5) is 0 Å². The zero-order valence-corrected chi connectivity index (χ0v) is 10.7. The van der Waals surface area contributed by atoms with Crippen molar-refractivity contribution in [3.63, 3.8) is 0 Å². The van der Waals surface area contributed by atoms with E-state index in [0.717, 1.165) is 5.56 Å². The molecule has 98 valence electrons. The minimum absolute atomic E-state index is 0.130. The number of carbonyl (C=O) groups is 1. The van der Waals surface area contributed by atoms with Gasteiger partial charge in [-0.05, 0) is 36.5 Å². The lowest BCUT2D eigenvalue weighted by molar-refractivity contribution is -0.122. The zero-order chi connectivity index (χ0) is 12.8. The van der Waals surface area contributed by atoms with Crippen LogP contribution in [0, 0.1) is 5.92 Å². The van der Waals surface area contributed by atoms with E-state index in [4.69, 9.17) is 0 Å². The summed E-state index contributed by atoms with van der Waals surface area (Å²) in [5.74, 6) is 0.946. The highest BCUT2D eigenvalue weighted by atomic mass is 16.3. The Labute approximate surface area is 108 Å². The van der Waals surface area contributed by atoms with Crippen LogP contribution in [0.25, 0.3) is 0 Å². The predicted molar refractivity (Wildman–Crippen MR) is 71.1 cm³/mol. The van der Waals surface area contributed by atoms with Crippen LogP contribution in [0.5, 0.6) is 5.75 Å². The van der Waals surface area contributed by atoms with E-state index in [-0.39, 0.29) is 11.7 Å². The highest BCUT2D eigenvalue weighted by Crippen LogP contribution is 2.26. The second-order valence-electron chi connectivity index (χ2n) is 5.15. The first kappa shape index (κ1) is 12.9. The Kier molecular flexibility index (Phi) is 4.62. The van der Waals surface area contributed by atoms with Gasteiger partial charge in [-0.15, -0.1) is 0 Å². The zero-order valence-electron chi connectivity index (χ0n) is 10.7. The Morgan fingerprint density at radius 2 is 2.06 bits per heavy atom. The normalized spacial score (nSPS) is 16.4. The van der Waals surface area contributed by atoms with Gasteiger partial charge in [0.25, 0.3) is 0 Å². The maximum atomic E-state index is 11.8. The molecule has 1 aliphatic carbocycles. The van der Waals surface area contributed by atoms with Gasteiger partial charge in [0.05, 0.1) is 0 Å². The summed E-state index contributed by atoms with van der Waals surface area (Å²) >= 11 is 0. The molecule has 3 nitrogen and oxygen atoms in total. The first-order valence-electron chi connectivity index (χ1n) is 6.78. The van der Waals surface area contributed by atoms with E-state index in [2.05, 4.69) is 5.32 Å². The number of aromatic hydroxyl groups is 1. The first-order chi connectivity index (χ1) is 8.74. The van der Waals surface area contributed by atoms with E-state index in [0.29, 0.717) is 18.9 Å². The molecule has 1 amide bonds. The van der Waals surface area contributed by atoms with E-state index in [1.54, 1.807) is 18.2 Å². The molecule has 0 atom stereocenters. The quantitative estimate of drug-likeness (QED) is 0.859. The SMILES string of the molecule is O=C(CC1CCCCC1)NCc1cccc(O)c1. The van der Waals surface area contributed by atoms with Crippen LogP contribution in [-0.4, -0.2) is 11.0 Å². The van der Waals surface area contributed by atoms with Crippen molar-refractivity contribution in [1.82, 2.24) is 5.32 Å². The highest BCUT2D eigenvalue weighted by molar-refractivity contribution is 5.76. The van der Waals surface area contributed by atoms with E-state index < -0.39 is 0 Å². The van der Waals surface area contributed by atoms with E-state index in [1.807, 2.05) is 6.07 Å². The number of hydrogen-bond acceptors (Lipinski definition) is 2. The monoisotopic (exact) mass is 247 g/mol. The third-order valence-corrected chi connectivity index (χ3v) is 3.60. The molecule has 1 saturated carbocycles. The second kappa shape index (κ2) is 6.43. The molecule has 0 aliphatic heterocycles. The van der Waals surface area contributed by atoms with Crippen LogP contribution in [0.15, 0.2) is 24.3 Å². The third-order valence-electron chi connectivity index (χ3n) is 3.60. The maximum Gasteiger partial charge on any atom is 0.220 e. The van der Waals surface area contributed by atoms with Crippen molar-refractivity contribution in [1.29, 1.82) is 0 Å². The van der Waals surface area contributed by atoms with E-state index in [1.165, 1.54) is 32.1 Å². The number of nitrogens with one attached hydrogen (secondary N) is 1. The number of carbonyl (C=O) groups excluding carboxylic acids is 1. The standard InChI is InChI=1S/C15H21NO2/c17-14-8-4-7-13(9-14)11-16-15(18)10-12-5-2-1-3-6-12/h4,7-9,12,17H,1-3,5-6,10-11H2,(H,16,18). The van der Waals surface area contributed by atoms with Crippen molar-refractivity contribution < 1.29 is 9.90 Å². The molecule has 0 aromatic heterocycles. The third kappa shape index (κ3) is 4.06. The lowest BCUT2D eigenvalue weighted by Gasteiger charge is -2.20. The van der Waals surface area contributed by atoms with Crippen LogP contribution in [0.2, 0.25) is 0 Å². The van der Waals surface area contributed by atoms with Crippen molar-refractivity contribution in [3.8, 4) is 5.75 Å². The lowest BCUT2D eigenvalue weighted by Crippen LogP contribution is -2.25. The molecule has 2 N–H and O–H groups in total. The van der Waals surface area contributed by atoms with Gasteiger partial charge in [-0.3, -0.25) is 4.79 Å². The Morgan fingerprint density at radius 3 is 2.78 bits per heavy atom. The van der Waals surface area contributed by atoms with Crippen LogP contribution in [-0.2, 0) is 11.3 Å². The van der Waals surface area contributed by atoms with Crippen LogP contribution < -0.4 is 5.32 Å². The molecule has 3 heteroatoms. The smallest absolute Gasteiger partial charge is 0.220 e. The molecular formula is C15H21NO2. The van der Waals surface area contributed by atoms with E-state index in [9.17, 15) is 9.90 Å². The van der Waals surface area contributed by atoms with Crippen molar-refractivity contribution in [2.24, 2.45) is 5.92 Å². The summed E-state index contributed by atoms with van der Waals surface area (Å²) in [5.41, 5.74) is 0.937. The molecule has 2 rings (SSSR count). The van der Waals surface area contributed by atoms with Gasteiger partial charge < -0.3 is 10.4 Å². The molecule has 0 saturated heterocycles. The fourth-order valence-corrected chi connectivity index (χ4v) is 2.59. The second-order valence-corrected chi connectivity index (χ2v) is 5.15. The molecule has 1 aromatic carbocycles. The largest absolute Gasteiger partial charge is 0.508 e. The minimum Gasteiger partial charge on any atom is -0.508 e. The topological polar surface area (TPSA) is 49.3 Å². The first-order valence-corrected chi connectivity index (χ1v) is 6.78. The Morgan fingerprint density at radius 1 is 1.28 bits per heavy atom. The Bertz CT molecular complexity index is 397. The number of amides is 1. The molecule has 0 bridgehead atoms. The molecule has 0 unspecified atom stereocenters. The van der Waals surface area contributed by atoms with Crippen molar-refractivity contribution in [2.75, 3.05) is 0 Å². The molecule has 1 aliphatic rings. The summed E-state index contributed by atoms with van der Waals surface area (Å²) in [4.78, 5) is 11.8. The van der Waals surface area contributed by atoms with Crippen molar-refractivity contribution in [2.45, 2.75) is 45.1 Å². The van der Waals surface area contributed by atoms with Crippen molar-refractivity contribution in [3.05, 3.63) is 29.8 Å². The number of hydrogen-bond donors (Lipinski definition) is 2. The van der Waals surface area contributed by atoms with Crippen molar-refractivity contribution >= 4 is 5.91 Å². The average molecular weight is 247 g/mol. The summed E-state index contributed by atoms with van der Waals surface area (Å²) in [6, 6.07) is 7.01. The van der Waals surface area contributed by atoms with Gasteiger partial charge in [-0.2, -0.15) is 0 Å². The Hall–Kier alpha value is -1.51. The van der Waals surface area contributed by atoms with Gasteiger partial charge in [0.15, 0.2) is 0 Å². The summed E-state index contributed by atoms with van der Waals surface area (Å²) in [7, 11) is 0. The van der Waals surface area contributed by atoms with E-state index >= 15 is 0 Å². The molecule has 1 fully saturated rings. The fourth-order valence-electron chi connectivity index (χ4n) is 2.59. The number of benzene rings is 1. The molecule has 0 spiro atoms. The van der Waals surface area contributed by atoms with Gasteiger partial charge in [-0.1, -0.05) is 31.4 Å². The fraction of sp³-hybridized carbons (Fsp3) is 0.533.